The molecule has 6 rings (SSSR count). The molecule has 0 atom stereocenters. The van der Waals surface area contributed by atoms with Gasteiger partial charge >= 0.3 is 0 Å². The maximum absolute atomic E-state index is 13.8. The number of thiophene rings is 1. The van der Waals surface area contributed by atoms with E-state index in [0.717, 1.165) is 63.8 Å². The topological polar surface area (TPSA) is 76.3 Å². The van der Waals surface area contributed by atoms with Crippen molar-refractivity contribution in [2.45, 2.75) is 30.8 Å². The zero-order valence-electron chi connectivity index (χ0n) is 21.2. The van der Waals surface area contributed by atoms with Gasteiger partial charge in [0.15, 0.2) is 5.16 Å². The summed E-state index contributed by atoms with van der Waals surface area (Å²) in [6.07, 6.45) is 5.78. The molecule has 0 saturated carbocycles. The van der Waals surface area contributed by atoms with E-state index in [1.54, 1.807) is 22.1 Å². The fourth-order valence-electron chi connectivity index (χ4n) is 4.82. The molecule has 5 aromatic rings. The number of nitrogens with zero attached hydrogens (tertiary/aromatic N) is 3. The Bertz CT molecular complexity index is 1710. The number of hydrogen-bond acceptors (Lipinski definition) is 6. The maximum Gasteiger partial charge on any atom is 0.267 e. The largest absolute Gasteiger partial charge is 0.272 e. The molecule has 6 nitrogen and oxygen atoms in total. The Morgan fingerprint density at radius 1 is 0.949 bits per heavy atom. The molecular formula is C31H26N4O2S2. The first kappa shape index (κ1) is 25.3. The van der Waals surface area contributed by atoms with Crippen LogP contribution < -0.4 is 11.0 Å². The molecule has 3 aromatic carbocycles. The lowest BCUT2D eigenvalue weighted by Gasteiger charge is -2.13. The van der Waals surface area contributed by atoms with Gasteiger partial charge in [-0.15, -0.1) is 11.3 Å². The molecule has 1 aliphatic rings. The number of thioether (sulfide) groups is 1. The zero-order valence-corrected chi connectivity index (χ0v) is 22.8. The number of aromatic nitrogens is 2. The van der Waals surface area contributed by atoms with Gasteiger partial charge in [-0.3, -0.25) is 14.2 Å². The Kier molecular flexibility index (Phi) is 7.38. The maximum atomic E-state index is 13.8. The fraction of sp³-hybridized carbons (Fsp3) is 0.161. The third kappa shape index (κ3) is 5.44. The number of para-hydroxylation sites is 1. The molecule has 194 valence electrons. The lowest BCUT2D eigenvalue weighted by atomic mass is 9.97. The second-order valence-corrected chi connectivity index (χ2v) is 11.4. The van der Waals surface area contributed by atoms with Gasteiger partial charge in [-0.1, -0.05) is 84.6 Å². The Morgan fingerprint density at radius 2 is 1.64 bits per heavy atom. The monoisotopic (exact) mass is 550 g/mol. The summed E-state index contributed by atoms with van der Waals surface area (Å²) in [7, 11) is 0. The van der Waals surface area contributed by atoms with Crippen LogP contribution in [-0.4, -0.2) is 27.4 Å². The van der Waals surface area contributed by atoms with Crippen molar-refractivity contribution in [1.29, 1.82) is 0 Å². The summed E-state index contributed by atoms with van der Waals surface area (Å²) >= 11 is 2.86. The molecule has 2 aromatic heterocycles. The van der Waals surface area contributed by atoms with Crippen LogP contribution in [0.3, 0.4) is 0 Å². The summed E-state index contributed by atoms with van der Waals surface area (Å²) in [6, 6.07) is 27.6. The number of benzene rings is 3. The summed E-state index contributed by atoms with van der Waals surface area (Å²) in [6.45, 7) is 0. The number of rotatable bonds is 7. The SMILES string of the molecule is O=C(CSc1nc2sc3c(c2c(=O)n1-c1ccccc1)CCCC3)N/N=C/c1ccc(-c2ccccc2)cc1. The van der Waals surface area contributed by atoms with Crippen LogP contribution in [-0.2, 0) is 17.6 Å². The number of nitrogens with one attached hydrogen (secondary N) is 1. The average Bonchev–Trinajstić information content (AvgIpc) is 3.36. The number of hydrazone groups is 1. The van der Waals surface area contributed by atoms with Gasteiger partial charge in [0.1, 0.15) is 4.83 Å². The fourth-order valence-corrected chi connectivity index (χ4v) is 6.93. The van der Waals surface area contributed by atoms with E-state index in [1.165, 1.54) is 16.6 Å². The highest BCUT2D eigenvalue weighted by atomic mass is 32.2. The zero-order chi connectivity index (χ0) is 26.6. The van der Waals surface area contributed by atoms with Gasteiger partial charge in [-0.2, -0.15) is 5.10 Å². The van der Waals surface area contributed by atoms with E-state index in [1.807, 2.05) is 72.8 Å². The predicted octanol–water partition coefficient (Wildman–Crippen LogP) is 6.24. The second-order valence-electron chi connectivity index (χ2n) is 9.33. The van der Waals surface area contributed by atoms with Gasteiger partial charge in [0.25, 0.3) is 11.5 Å². The predicted molar refractivity (Wildman–Crippen MR) is 160 cm³/mol. The molecule has 1 aliphatic carbocycles. The van der Waals surface area contributed by atoms with Crippen LogP contribution in [0.15, 0.2) is 100.0 Å². The van der Waals surface area contributed by atoms with Crippen LogP contribution in [0.2, 0.25) is 0 Å². The van der Waals surface area contributed by atoms with Crippen molar-refractivity contribution >= 4 is 45.4 Å². The molecule has 0 radical (unpaired) electrons. The summed E-state index contributed by atoms with van der Waals surface area (Å²) in [5.41, 5.74) is 7.58. The summed E-state index contributed by atoms with van der Waals surface area (Å²) in [4.78, 5) is 33.3. The van der Waals surface area contributed by atoms with Crippen LogP contribution in [0, 0.1) is 0 Å². The molecule has 0 saturated heterocycles. The normalized spacial score (nSPS) is 13.0. The number of aryl methyl sites for hydroxylation is 2. The Balaban J connectivity index is 1.18. The van der Waals surface area contributed by atoms with E-state index in [9.17, 15) is 9.59 Å². The van der Waals surface area contributed by atoms with Gasteiger partial charge < -0.3 is 0 Å². The first-order valence-electron chi connectivity index (χ1n) is 12.9. The lowest BCUT2D eigenvalue weighted by molar-refractivity contribution is -0.118. The minimum atomic E-state index is -0.267. The molecule has 0 bridgehead atoms. The van der Waals surface area contributed by atoms with Crippen LogP contribution in [0.5, 0.6) is 0 Å². The number of carbonyl (C=O) groups excluding carboxylic acids is 1. The standard InChI is InChI=1S/C31H26N4O2S2/c36-27(34-32-19-21-15-17-23(18-16-21)22-9-3-1-4-10-22)20-38-31-33-29-28(25-13-7-8-14-26(25)39-29)30(37)35(31)24-11-5-2-6-12-24/h1-6,9-12,15-19H,7-8,13-14,20H2,(H,34,36)/b32-19+. The first-order valence-corrected chi connectivity index (χ1v) is 14.7. The highest BCUT2D eigenvalue weighted by Crippen LogP contribution is 2.35. The number of fused-ring (bicyclic) bond motifs is 3. The van der Waals surface area contributed by atoms with Crippen molar-refractivity contribution < 1.29 is 4.79 Å². The molecule has 1 amide bonds. The quantitative estimate of drug-likeness (QED) is 0.113. The van der Waals surface area contributed by atoms with Crippen LogP contribution in [0.25, 0.3) is 27.0 Å². The number of amides is 1. The van der Waals surface area contributed by atoms with E-state index in [-0.39, 0.29) is 17.2 Å². The van der Waals surface area contributed by atoms with Crippen LogP contribution in [0.1, 0.15) is 28.8 Å². The Morgan fingerprint density at radius 3 is 2.41 bits per heavy atom. The van der Waals surface area contributed by atoms with Crippen molar-refractivity contribution in [3.05, 3.63) is 111 Å². The van der Waals surface area contributed by atoms with Crippen molar-refractivity contribution in [3.63, 3.8) is 0 Å². The highest BCUT2D eigenvalue weighted by molar-refractivity contribution is 7.99. The molecule has 0 aliphatic heterocycles. The average molecular weight is 551 g/mol. The van der Waals surface area contributed by atoms with Crippen molar-refractivity contribution in [2.24, 2.45) is 5.10 Å². The third-order valence-electron chi connectivity index (χ3n) is 6.73. The minimum absolute atomic E-state index is 0.0644. The molecule has 2 heterocycles. The van der Waals surface area contributed by atoms with E-state index in [4.69, 9.17) is 4.98 Å². The molecule has 1 N–H and O–H groups in total. The van der Waals surface area contributed by atoms with Gasteiger partial charge in [0, 0.05) is 4.88 Å². The number of carbonyl (C=O) groups is 1. The number of hydrogen-bond donors (Lipinski definition) is 1. The van der Waals surface area contributed by atoms with Crippen molar-refractivity contribution in [3.8, 4) is 16.8 Å². The van der Waals surface area contributed by atoms with Crippen LogP contribution >= 0.6 is 23.1 Å². The van der Waals surface area contributed by atoms with Gasteiger partial charge in [0.05, 0.1) is 23.0 Å². The Hall–Kier alpha value is -4.01. The summed E-state index contributed by atoms with van der Waals surface area (Å²) in [5, 5.41) is 5.36. The summed E-state index contributed by atoms with van der Waals surface area (Å²) in [5.74, 6) is -0.184. The van der Waals surface area contributed by atoms with Gasteiger partial charge in [-0.25, -0.2) is 10.4 Å². The molecular weight excluding hydrogens is 525 g/mol. The van der Waals surface area contributed by atoms with E-state index >= 15 is 0 Å². The third-order valence-corrected chi connectivity index (χ3v) is 8.85. The minimum Gasteiger partial charge on any atom is -0.272 e. The van der Waals surface area contributed by atoms with Gasteiger partial charge in [0.2, 0.25) is 0 Å². The highest BCUT2D eigenvalue weighted by Gasteiger charge is 2.23. The summed E-state index contributed by atoms with van der Waals surface area (Å²) < 4.78 is 1.64. The van der Waals surface area contributed by atoms with E-state index in [2.05, 4.69) is 22.7 Å². The molecule has 0 unspecified atom stereocenters. The van der Waals surface area contributed by atoms with Crippen molar-refractivity contribution in [2.75, 3.05) is 5.75 Å². The molecule has 39 heavy (non-hydrogen) atoms. The molecule has 0 fully saturated rings. The van der Waals surface area contributed by atoms with Crippen molar-refractivity contribution in [1.82, 2.24) is 15.0 Å². The lowest BCUT2D eigenvalue weighted by Crippen LogP contribution is -2.24. The van der Waals surface area contributed by atoms with Gasteiger partial charge in [-0.05, 0) is 60.1 Å². The Labute approximate surface area is 234 Å². The second kappa shape index (κ2) is 11.4. The smallest absolute Gasteiger partial charge is 0.267 e. The van der Waals surface area contributed by atoms with E-state index in [0.29, 0.717) is 5.16 Å². The van der Waals surface area contributed by atoms with E-state index < -0.39 is 0 Å². The van der Waals surface area contributed by atoms with Crippen LogP contribution in [0.4, 0.5) is 0 Å². The molecule has 0 spiro atoms. The molecule has 8 heteroatoms. The first-order chi connectivity index (χ1) is 19.2.